The van der Waals surface area contributed by atoms with Crippen LogP contribution in [0.15, 0.2) is 10.6 Å². The minimum Gasteiger partial charge on any atom is -0.444 e. The van der Waals surface area contributed by atoms with Gasteiger partial charge in [0.2, 0.25) is 0 Å². The molecule has 1 atom stereocenters. The van der Waals surface area contributed by atoms with E-state index in [9.17, 15) is 4.79 Å². The fourth-order valence-corrected chi connectivity index (χ4v) is 4.52. The Morgan fingerprint density at radius 1 is 1.10 bits per heavy atom. The predicted octanol–water partition coefficient (Wildman–Crippen LogP) is 5.69. The van der Waals surface area contributed by atoms with Gasteiger partial charge in [-0.05, 0) is 70.6 Å². The number of anilines is 1. The van der Waals surface area contributed by atoms with Crippen LogP contribution in [-0.4, -0.2) is 47.9 Å². The number of piperidine rings is 2. The highest BCUT2D eigenvalue weighted by Crippen LogP contribution is 2.33. The highest BCUT2D eigenvalue weighted by molar-refractivity contribution is 5.68. The number of nitrogens with zero attached hydrogens (tertiary/aromatic N) is 3. The zero-order chi connectivity index (χ0) is 21.9. The Morgan fingerprint density at radius 2 is 1.67 bits per heavy atom. The second-order valence-corrected chi connectivity index (χ2v) is 10.7. The van der Waals surface area contributed by atoms with Gasteiger partial charge in [-0.15, -0.1) is 0 Å². The number of rotatable bonds is 5. The molecule has 0 spiro atoms. The third kappa shape index (κ3) is 6.14. The van der Waals surface area contributed by atoms with E-state index in [0.29, 0.717) is 11.8 Å². The van der Waals surface area contributed by atoms with Gasteiger partial charge in [-0.25, -0.2) is 4.79 Å². The lowest BCUT2D eigenvalue weighted by Crippen LogP contribution is -2.42. The molecule has 30 heavy (non-hydrogen) atoms. The van der Waals surface area contributed by atoms with Crippen LogP contribution >= 0.6 is 0 Å². The van der Waals surface area contributed by atoms with Crippen molar-refractivity contribution in [3.05, 3.63) is 11.8 Å². The normalized spacial score (nSPS) is 20.6. The third-order valence-corrected chi connectivity index (χ3v) is 6.84. The molecule has 0 radical (unpaired) electrons. The van der Waals surface area contributed by atoms with Crippen LogP contribution in [0, 0.1) is 17.8 Å². The van der Waals surface area contributed by atoms with Crippen molar-refractivity contribution in [1.82, 2.24) is 10.1 Å². The highest BCUT2D eigenvalue weighted by Gasteiger charge is 2.30. The van der Waals surface area contributed by atoms with Crippen LogP contribution in [0.2, 0.25) is 0 Å². The molecule has 1 unspecified atom stereocenters. The number of carbonyl (C=O) groups is 1. The van der Waals surface area contributed by atoms with Gasteiger partial charge in [-0.3, -0.25) is 0 Å². The molecule has 2 saturated heterocycles. The number of hydrogen-bond acceptors (Lipinski definition) is 5. The van der Waals surface area contributed by atoms with Crippen LogP contribution in [0.4, 0.5) is 10.6 Å². The molecule has 0 saturated carbocycles. The topological polar surface area (TPSA) is 58.8 Å². The average Bonchev–Trinajstić information content (AvgIpc) is 3.17. The van der Waals surface area contributed by atoms with Gasteiger partial charge in [0, 0.05) is 38.2 Å². The Bertz CT molecular complexity index is 678. The standard InChI is InChI=1S/C24H41N3O3/c1-17(2)18(3)21-16-22(25-30-21)26-11-7-19(8-12-26)15-20-9-13-27(14-10-20)23(28)29-24(4,5)6/h16-20H,7-15H2,1-6H3. The molecule has 3 heterocycles. The number of carbonyl (C=O) groups excluding carboxylic acids is 1. The molecule has 0 aliphatic carbocycles. The summed E-state index contributed by atoms with van der Waals surface area (Å²) in [5.74, 6) is 4.46. The van der Waals surface area contributed by atoms with Crippen LogP contribution in [0.25, 0.3) is 0 Å². The lowest BCUT2D eigenvalue weighted by atomic mass is 9.83. The summed E-state index contributed by atoms with van der Waals surface area (Å²) in [4.78, 5) is 16.5. The maximum atomic E-state index is 12.2. The van der Waals surface area contributed by atoms with Crippen molar-refractivity contribution in [2.75, 3.05) is 31.1 Å². The molecule has 2 aliphatic rings. The van der Waals surface area contributed by atoms with E-state index >= 15 is 0 Å². The summed E-state index contributed by atoms with van der Waals surface area (Å²) in [5, 5.41) is 4.34. The molecule has 3 rings (SSSR count). The molecule has 1 aromatic rings. The van der Waals surface area contributed by atoms with E-state index < -0.39 is 5.60 Å². The van der Waals surface area contributed by atoms with Crippen LogP contribution in [-0.2, 0) is 4.74 Å². The number of likely N-dealkylation sites (tertiary alicyclic amines) is 1. The smallest absolute Gasteiger partial charge is 0.410 e. The molecule has 0 aromatic carbocycles. The van der Waals surface area contributed by atoms with Gasteiger partial charge in [0.25, 0.3) is 0 Å². The summed E-state index contributed by atoms with van der Waals surface area (Å²) in [6.45, 7) is 16.2. The van der Waals surface area contributed by atoms with E-state index in [1.165, 1.54) is 19.3 Å². The summed E-state index contributed by atoms with van der Waals surface area (Å²) in [6, 6.07) is 2.14. The molecule has 0 N–H and O–H groups in total. The molecule has 0 bridgehead atoms. The predicted molar refractivity (Wildman–Crippen MR) is 120 cm³/mol. The van der Waals surface area contributed by atoms with Crippen LogP contribution in [0.1, 0.15) is 85.3 Å². The first-order chi connectivity index (χ1) is 14.1. The second kappa shape index (κ2) is 9.61. The number of amides is 1. The van der Waals surface area contributed by atoms with E-state index in [-0.39, 0.29) is 6.09 Å². The summed E-state index contributed by atoms with van der Waals surface area (Å²) < 4.78 is 11.1. The van der Waals surface area contributed by atoms with Crippen molar-refractivity contribution in [2.24, 2.45) is 17.8 Å². The van der Waals surface area contributed by atoms with Crippen molar-refractivity contribution in [3.63, 3.8) is 0 Å². The van der Waals surface area contributed by atoms with Gasteiger partial charge in [0.05, 0.1) is 0 Å². The molecular weight excluding hydrogens is 378 g/mol. The van der Waals surface area contributed by atoms with E-state index in [4.69, 9.17) is 9.26 Å². The van der Waals surface area contributed by atoms with Gasteiger partial charge in [0.1, 0.15) is 11.4 Å². The van der Waals surface area contributed by atoms with E-state index in [1.807, 2.05) is 25.7 Å². The van der Waals surface area contributed by atoms with Gasteiger partial charge in [0.15, 0.2) is 5.82 Å². The largest absolute Gasteiger partial charge is 0.444 e. The Morgan fingerprint density at radius 3 is 2.20 bits per heavy atom. The molecule has 2 fully saturated rings. The third-order valence-electron chi connectivity index (χ3n) is 6.84. The molecule has 1 amide bonds. The lowest BCUT2D eigenvalue weighted by Gasteiger charge is -2.37. The van der Waals surface area contributed by atoms with Crippen molar-refractivity contribution in [3.8, 4) is 0 Å². The highest BCUT2D eigenvalue weighted by atomic mass is 16.6. The van der Waals surface area contributed by atoms with Crippen molar-refractivity contribution in [2.45, 2.75) is 85.2 Å². The monoisotopic (exact) mass is 419 g/mol. The van der Waals surface area contributed by atoms with Gasteiger partial charge >= 0.3 is 6.09 Å². The maximum Gasteiger partial charge on any atom is 0.410 e. The van der Waals surface area contributed by atoms with Crippen molar-refractivity contribution < 1.29 is 14.1 Å². The van der Waals surface area contributed by atoms with E-state index in [2.05, 4.69) is 36.9 Å². The van der Waals surface area contributed by atoms with Gasteiger partial charge in [-0.1, -0.05) is 25.9 Å². The Hall–Kier alpha value is -1.72. The van der Waals surface area contributed by atoms with Gasteiger partial charge < -0.3 is 19.1 Å². The minimum absolute atomic E-state index is 0.159. The SMILES string of the molecule is CC(C)C(C)c1cc(N2CCC(CC3CCN(C(=O)OC(C)(C)C)CC3)CC2)no1. The number of hydrogen-bond donors (Lipinski definition) is 0. The number of aromatic nitrogens is 1. The molecule has 170 valence electrons. The Kier molecular flexibility index (Phi) is 7.35. The van der Waals surface area contributed by atoms with Crippen LogP contribution in [0.3, 0.4) is 0 Å². The first-order valence-corrected chi connectivity index (χ1v) is 11.8. The van der Waals surface area contributed by atoms with Gasteiger partial charge in [-0.2, -0.15) is 0 Å². The summed E-state index contributed by atoms with van der Waals surface area (Å²) in [5.41, 5.74) is -0.417. The summed E-state index contributed by atoms with van der Waals surface area (Å²) >= 11 is 0. The van der Waals surface area contributed by atoms with Crippen molar-refractivity contribution >= 4 is 11.9 Å². The average molecular weight is 420 g/mol. The molecule has 1 aromatic heterocycles. The Balaban J connectivity index is 1.40. The minimum atomic E-state index is -0.417. The lowest BCUT2D eigenvalue weighted by molar-refractivity contribution is 0.0174. The quantitative estimate of drug-likeness (QED) is 0.614. The van der Waals surface area contributed by atoms with Crippen LogP contribution < -0.4 is 4.90 Å². The summed E-state index contributed by atoms with van der Waals surface area (Å²) in [6.07, 6.45) is 5.75. The van der Waals surface area contributed by atoms with Crippen molar-refractivity contribution in [1.29, 1.82) is 0 Å². The summed E-state index contributed by atoms with van der Waals surface area (Å²) in [7, 11) is 0. The van der Waals surface area contributed by atoms with E-state index in [1.54, 1.807) is 0 Å². The molecule has 2 aliphatic heterocycles. The van der Waals surface area contributed by atoms with Crippen LogP contribution in [0.5, 0.6) is 0 Å². The zero-order valence-electron chi connectivity index (χ0n) is 19.8. The maximum absolute atomic E-state index is 12.2. The zero-order valence-corrected chi connectivity index (χ0v) is 19.8. The Labute approximate surface area is 182 Å². The number of ether oxygens (including phenoxy) is 1. The second-order valence-electron chi connectivity index (χ2n) is 10.7. The fraction of sp³-hybridized carbons (Fsp3) is 0.833. The molecule has 6 heteroatoms. The molecular formula is C24H41N3O3. The molecule has 6 nitrogen and oxygen atoms in total. The first kappa shape index (κ1) is 23.0. The fourth-order valence-electron chi connectivity index (χ4n) is 4.52. The first-order valence-electron chi connectivity index (χ1n) is 11.8. The van der Waals surface area contributed by atoms with E-state index in [0.717, 1.165) is 62.4 Å².